The lowest BCUT2D eigenvalue weighted by atomic mass is 10.0. The Hall–Kier alpha value is -3.43. The van der Waals surface area contributed by atoms with E-state index in [1.807, 2.05) is 36.5 Å². The number of aryl methyl sites for hydroxylation is 1. The van der Waals surface area contributed by atoms with Crippen molar-refractivity contribution in [3.63, 3.8) is 0 Å². The van der Waals surface area contributed by atoms with Gasteiger partial charge < -0.3 is 14.6 Å². The minimum atomic E-state index is -3.39. The van der Waals surface area contributed by atoms with Gasteiger partial charge in [0.25, 0.3) is 0 Å². The van der Waals surface area contributed by atoms with Crippen LogP contribution in [0.15, 0.2) is 61.1 Å². The van der Waals surface area contributed by atoms with Crippen LogP contribution in [0.25, 0.3) is 27.8 Å². The summed E-state index contributed by atoms with van der Waals surface area (Å²) in [5, 5.41) is 4.50. The zero-order chi connectivity index (χ0) is 23.7. The second-order valence-electron chi connectivity index (χ2n) is 8.66. The molecule has 0 radical (unpaired) electrons. The van der Waals surface area contributed by atoms with Gasteiger partial charge in [0.1, 0.15) is 12.1 Å². The van der Waals surface area contributed by atoms with Crippen molar-refractivity contribution < 1.29 is 13.2 Å². The minimum Gasteiger partial charge on any atom is -0.381 e. The van der Waals surface area contributed by atoms with E-state index in [1.54, 1.807) is 12.4 Å². The molecular weight excluding hydrogens is 450 g/mol. The minimum absolute atomic E-state index is 0.264. The lowest BCUT2D eigenvalue weighted by Gasteiger charge is -2.24. The molecule has 1 saturated heterocycles. The lowest BCUT2D eigenvalue weighted by Crippen LogP contribution is -2.28. The molecule has 0 atom stereocenters. The molecule has 0 amide bonds. The van der Waals surface area contributed by atoms with Gasteiger partial charge >= 0.3 is 0 Å². The van der Waals surface area contributed by atoms with Crippen LogP contribution < -0.4 is 10.0 Å². The third-order valence-electron chi connectivity index (χ3n) is 5.90. The molecule has 2 aromatic carbocycles. The highest BCUT2D eigenvalue weighted by Gasteiger charge is 2.21. The SMILES string of the molecule is Cc1cccc(-n2cc(-c3cccc(NS(C)(=O)=O)c3)c3c(NC4CCOCC4)ncnc32)c1. The van der Waals surface area contributed by atoms with Crippen LogP contribution in [0, 0.1) is 6.92 Å². The van der Waals surface area contributed by atoms with Gasteiger partial charge in [-0.1, -0.05) is 24.3 Å². The maximum atomic E-state index is 11.8. The number of anilines is 2. The Balaban J connectivity index is 1.69. The third kappa shape index (κ3) is 4.76. The van der Waals surface area contributed by atoms with Crippen molar-refractivity contribution in [3.05, 3.63) is 66.6 Å². The van der Waals surface area contributed by atoms with Crippen molar-refractivity contribution in [3.8, 4) is 16.8 Å². The largest absolute Gasteiger partial charge is 0.381 e. The van der Waals surface area contributed by atoms with Crippen LogP contribution in [0.3, 0.4) is 0 Å². The number of benzene rings is 2. The van der Waals surface area contributed by atoms with Gasteiger partial charge in [0.2, 0.25) is 10.0 Å². The second kappa shape index (κ2) is 9.08. The Bertz CT molecular complexity index is 1440. The molecule has 5 rings (SSSR count). The van der Waals surface area contributed by atoms with E-state index in [4.69, 9.17) is 4.74 Å². The summed E-state index contributed by atoms with van der Waals surface area (Å²) >= 11 is 0. The predicted molar refractivity (Wildman–Crippen MR) is 135 cm³/mol. The third-order valence-corrected chi connectivity index (χ3v) is 6.51. The molecule has 4 aromatic rings. The van der Waals surface area contributed by atoms with Crippen molar-refractivity contribution in [1.29, 1.82) is 0 Å². The number of nitrogens with one attached hydrogen (secondary N) is 2. The first kappa shape index (κ1) is 22.4. The molecule has 0 spiro atoms. The summed E-state index contributed by atoms with van der Waals surface area (Å²) in [4.78, 5) is 9.25. The first-order valence-corrected chi connectivity index (χ1v) is 13.1. The normalized spacial score (nSPS) is 14.9. The van der Waals surface area contributed by atoms with Gasteiger partial charge in [0.05, 0.1) is 11.6 Å². The van der Waals surface area contributed by atoms with E-state index >= 15 is 0 Å². The molecule has 3 heterocycles. The predicted octanol–water partition coefficient (Wildman–Crippen LogP) is 4.36. The first-order chi connectivity index (χ1) is 16.4. The first-order valence-electron chi connectivity index (χ1n) is 11.2. The van der Waals surface area contributed by atoms with Gasteiger partial charge in [-0.05, 0) is 55.2 Å². The van der Waals surface area contributed by atoms with Crippen LogP contribution in [-0.2, 0) is 14.8 Å². The maximum Gasteiger partial charge on any atom is 0.229 e. The van der Waals surface area contributed by atoms with Crippen LogP contribution in [0.5, 0.6) is 0 Å². The Morgan fingerprint density at radius 3 is 2.62 bits per heavy atom. The van der Waals surface area contributed by atoms with Gasteiger partial charge in [0, 0.05) is 42.4 Å². The zero-order valence-corrected chi connectivity index (χ0v) is 20.0. The molecule has 8 nitrogen and oxygen atoms in total. The number of ether oxygens (including phenoxy) is 1. The van der Waals surface area contributed by atoms with Crippen molar-refractivity contribution in [2.45, 2.75) is 25.8 Å². The van der Waals surface area contributed by atoms with Crippen molar-refractivity contribution in [2.75, 3.05) is 29.5 Å². The fourth-order valence-electron chi connectivity index (χ4n) is 4.36. The quantitative estimate of drug-likeness (QED) is 0.428. The van der Waals surface area contributed by atoms with Crippen LogP contribution in [0.4, 0.5) is 11.5 Å². The highest BCUT2D eigenvalue weighted by atomic mass is 32.2. The maximum absolute atomic E-state index is 11.8. The Labute approximate surface area is 199 Å². The molecule has 0 aliphatic carbocycles. The molecule has 34 heavy (non-hydrogen) atoms. The molecular formula is C25H27N5O3S. The fraction of sp³-hybridized carbons (Fsp3) is 0.280. The van der Waals surface area contributed by atoms with E-state index in [-0.39, 0.29) is 6.04 Å². The standard InChI is InChI=1S/C25H27N5O3S/c1-17-5-3-8-21(13-17)30-15-22(18-6-4-7-20(14-18)29-34(2,31)32)23-24(26-16-27-25(23)30)28-19-9-11-33-12-10-19/h3-8,13-16,19,29H,9-12H2,1-2H3,(H,26,27,28). The molecule has 1 fully saturated rings. The van der Waals surface area contributed by atoms with Gasteiger partial charge in [0.15, 0.2) is 5.65 Å². The summed E-state index contributed by atoms with van der Waals surface area (Å²) in [6.45, 7) is 3.51. The smallest absolute Gasteiger partial charge is 0.229 e. The average molecular weight is 478 g/mol. The fourth-order valence-corrected chi connectivity index (χ4v) is 4.92. The van der Waals surface area contributed by atoms with E-state index in [0.717, 1.165) is 71.5 Å². The van der Waals surface area contributed by atoms with Gasteiger partial charge in [-0.25, -0.2) is 18.4 Å². The summed E-state index contributed by atoms with van der Waals surface area (Å²) in [7, 11) is -3.39. The highest BCUT2D eigenvalue weighted by molar-refractivity contribution is 7.92. The number of hydrogen-bond donors (Lipinski definition) is 2. The van der Waals surface area contributed by atoms with Crippen LogP contribution in [0.1, 0.15) is 18.4 Å². The number of nitrogens with zero attached hydrogens (tertiary/aromatic N) is 3. The summed E-state index contributed by atoms with van der Waals surface area (Å²) < 4.78 is 33.7. The van der Waals surface area contributed by atoms with Crippen molar-refractivity contribution in [1.82, 2.24) is 14.5 Å². The monoisotopic (exact) mass is 477 g/mol. The van der Waals surface area contributed by atoms with Gasteiger partial charge in [-0.3, -0.25) is 4.72 Å². The van der Waals surface area contributed by atoms with E-state index in [9.17, 15) is 8.42 Å². The molecule has 2 N–H and O–H groups in total. The number of aromatic nitrogens is 3. The molecule has 1 aliphatic rings. The van der Waals surface area contributed by atoms with E-state index < -0.39 is 10.0 Å². The molecule has 9 heteroatoms. The number of fused-ring (bicyclic) bond motifs is 1. The molecule has 0 unspecified atom stereocenters. The zero-order valence-electron chi connectivity index (χ0n) is 19.2. The molecule has 176 valence electrons. The summed E-state index contributed by atoms with van der Waals surface area (Å²) in [6, 6.07) is 15.9. The molecule has 2 aromatic heterocycles. The topological polar surface area (TPSA) is 98.1 Å². The number of sulfonamides is 1. The summed E-state index contributed by atoms with van der Waals surface area (Å²) in [5.41, 5.74) is 5.23. The molecule has 1 aliphatic heterocycles. The van der Waals surface area contributed by atoms with Crippen molar-refractivity contribution >= 4 is 32.6 Å². The van der Waals surface area contributed by atoms with E-state index in [0.29, 0.717) is 5.69 Å². The second-order valence-corrected chi connectivity index (χ2v) is 10.4. The average Bonchev–Trinajstić information content (AvgIpc) is 3.20. The van der Waals surface area contributed by atoms with E-state index in [2.05, 4.69) is 43.6 Å². The summed E-state index contributed by atoms with van der Waals surface area (Å²) in [5.74, 6) is 0.764. The number of hydrogen-bond acceptors (Lipinski definition) is 6. The molecule has 0 saturated carbocycles. The lowest BCUT2D eigenvalue weighted by molar-refractivity contribution is 0.0904. The van der Waals surface area contributed by atoms with Crippen molar-refractivity contribution in [2.24, 2.45) is 0 Å². The number of rotatable bonds is 6. The molecule has 0 bridgehead atoms. The Morgan fingerprint density at radius 1 is 1.06 bits per heavy atom. The van der Waals surface area contributed by atoms with Gasteiger partial charge in [-0.2, -0.15) is 0 Å². The van der Waals surface area contributed by atoms with Gasteiger partial charge in [-0.15, -0.1) is 0 Å². The van der Waals surface area contributed by atoms with Crippen LogP contribution in [-0.4, -0.2) is 48.5 Å². The Morgan fingerprint density at radius 2 is 1.85 bits per heavy atom. The van der Waals surface area contributed by atoms with Crippen LogP contribution in [0.2, 0.25) is 0 Å². The van der Waals surface area contributed by atoms with Crippen LogP contribution >= 0.6 is 0 Å². The summed E-state index contributed by atoms with van der Waals surface area (Å²) in [6.07, 6.45) is 6.60. The highest BCUT2D eigenvalue weighted by Crippen LogP contribution is 2.37. The van der Waals surface area contributed by atoms with E-state index in [1.165, 1.54) is 0 Å². The Kier molecular flexibility index (Phi) is 5.97.